The number of hydrogen-bond acceptors (Lipinski definition) is 2. The van der Waals surface area contributed by atoms with E-state index in [4.69, 9.17) is 33.2 Å². The molecule has 0 unspecified atom stereocenters. The number of nitrogens with zero attached hydrogens (tertiary/aromatic N) is 2. The minimum atomic E-state index is 0.665. The van der Waals surface area contributed by atoms with Gasteiger partial charge in [-0.05, 0) is 58.7 Å². The first-order chi connectivity index (χ1) is 16.6. The Morgan fingerprint density at radius 3 is 1.44 bits per heavy atom. The first kappa shape index (κ1) is 21.0. The van der Waals surface area contributed by atoms with Gasteiger partial charge in [0.2, 0.25) is 0 Å². The Morgan fingerprint density at radius 2 is 1.00 bits per heavy atom. The lowest BCUT2D eigenvalue weighted by Crippen LogP contribution is -1.91. The van der Waals surface area contributed by atoms with Crippen molar-refractivity contribution in [2.24, 2.45) is 0 Å². The maximum Gasteiger partial charge on any atom is 0.111 e. The summed E-state index contributed by atoms with van der Waals surface area (Å²) in [6.45, 7) is 0. The predicted octanol–water partition coefficient (Wildman–Crippen LogP) is 7.59. The van der Waals surface area contributed by atoms with E-state index in [1.165, 1.54) is 0 Å². The molecule has 0 saturated heterocycles. The van der Waals surface area contributed by atoms with Gasteiger partial charge in [0.05, 0.1) is 22.1 Å². The summed E-state index contributed by atoms with van der Waals surface area (Å²) in [6, 6.07) is 28.3. The van der Waals surface area contributed by atoms with Crippen LogP contribution in [0.15, 0.2) is 84.9 Å². The monoisotopic (exact) mass is 482 g/mol. The fraction of sp³-hybridized carbons (Fsp3) is 0.0714. The summed E-state index contributed by atoms with van der Waals surface area (Å²) in [5.41, 5.74) is 8.23. The van der Waals surface area contributed by atoms with Crippen molar-refractivity contribution < 1.29 is 0 Å². The Hall–Kier alpha value is -3.60. The molecule has 0 atom stereocenters. The van der Waals surface area contributed by atoms with E-state index in [0.717, 1.165) is 66.0 Å². The number of benzene rings is 4. The average molecular weight is 483 g/mol. The van der Waals surface area contributed by atoms with Crippen LogP contribution in [0.2, 0.25) is 10.0 Å². The summed E-state index contributed by atoms with van der Waals surface area (Å²) in [5.74, 6) is 1.79. The van der Waals surface area contributed by atoms with Crippen molar-refractivity contribution >= 4 is 45.3 Å². The van der Waals surface area contributed by atoms with Crippen LogP contribution < -0.4 is 0 Å². The fourth-order valence-corrected chi connectivity index (χ4v) is 4.70. The van der Waals surface area contributed by atoms with Gasteiger partial charge in [-0.15, -0.1) is 0 Å². The molecule has 2 heterocycles. The Morgan fingerprint density at radius 1 is 0.559 bits per heavy atom. The SMILES string of the molecule is Clc1ccccc1Cc1nc2ccc(-c3ccc4nc(Cc5ccccc5Cl)[nH]c4c3)cc2[nH]1. The Bertz CT molecular complexity index is 1520. The number of imidazole rings is 2. The first-order valence-electron chi connectivity index (χ1n) is 11.1. The van der Waals surface area contributed by atoms with Gasteiger partial charge in [-0.3, -0.25) is 0 Å². The van der Waals surface area contributed by atoms with Crippen molar-refractivity contribution in [3.8, 4) is 11.1 Å². The standard InChI is InChI=1S/C28H20Cl2N4/c29-21-7-3-1-5-19(21)15-27-31-23-11-9-17(13-25(23)33-27)18-10-12-24-26(14-18)34-28(32-24)16-20-6-2-4-8-22(20)30/h1-14H,15-16H2,(H,31,33)(H,32,34). The molecular formula is C28H20Cl2N4. The molecule has 0 radical (unpaired) electrons. The smallest absolute Gasteiger partial charge is 0.111 e. The quantitative estimate of drug-likeness (QED) is 0.265. The molecule has 0 aliphatic rings. The molecular weight excluding hydrogens is 463 g/mol. The van der Waals surface area contributed by atoms with Crippen LogP contribution in [-0.4, -0.2) is 19.9 Å². The summed E-state index contributed by atoms with van der Waals surface area (Å²) in [4.78, 5) is 16.4. The normalized spacial score (nSPS) is 11.5. The second-order valence-corrected chi connectivity index (χ2v) is 9.18. The summed E-state index contributed by atoms with van der Waals surface area (Å²) in [7, 11) is 0. The lowest BCUT2D eigenvalue weighted by atomic mass is 10.0. The number of halogens is 2. The molecule has 6 heteroatoms. The largest absolute Gasteiger partial charge is 0.342 e. The highest BCUT2D eigenvalue weighted by atomic mass is 35.5. The summed E-state index contributed by atoms with van der Waals surface area (Å²) < 4.78 is 0. The minimum Gasteiger partial charge on any atom is -0.342 e. The molecule has 0 aliphatic heterocycles. The molecule has 0 spiro atoms. The number of aromatic amines is 2. The second-order valence-electron chi connectivity index (χ2n) is 8.37. The van der Waals surface area contributed by atoms with Crippen molar-refractivity contribution in [3.63, 3.8) is 0 Å². The molecule has 4 aromatic carbocycles. The Kier molecular flexibility index (Phi) is 5.33. The third-order valence-electron chi connectivity index (χ3n) is 6.03. The molecule has 166 valence electrons. The maximum atomic E-state index is 6.32. The van der Waals surface area contributed by atoms with Crippen molar-refractivity contribution in [3.05, 3.63) is 118 Å². The second kappa shape index (κ2) is 8.64. The van der Waals surface area contributed by atoms with E-state index in [1.807, 2.05) is 48.5 Å². The molecule has 2 aromatic heterocycles. The molecule has 6 rings (SSSR count). The molecule has 0 saturated carbocycles. The third-order valence-corrected chi connectivity index (χ3v) is 6.76. The number of hydrogen-bond donors (Lipinski definition) is 2. The van der Waals surface area contributed by atoms with Gasteiger partial charge in [0.15, 0.2) is 0 Å². The maximum absolute atomic E-state index is 6.32. The molecule has 34 heavy (non-hydrogen) atoms. The van der Waals surface area contributed by atoms with Gasteiger partial charge in [-0.25, -0.2) is 9.97 Å². The minimum absolute atomic E-state index is 0.665. The van der Waals surface area contributed by atoms with Gasteiger partial charge >= 0.3 is 0 Å². The molecule has 4 nitrogen and oxygen atoms in total. The fourth-order valence-electron chi connectivity index (χ4n) is 4.30. The number of nitrogens with one attached hydrogen (secondary N) is 2. The van der Waals surface area contributed by atoms with E-state index in [-0.39, 0.29) is 0 Å². The molecule has 0 aliphatic carbocycles. The van der Waals surface area contributed by atoms with E-state index in [1.54, 1.807) is 0 Å². The number of aromatic nitrogens is 4. The van der Waals surface area contributed by atoms with Crippen LogP contribution in [0, 0.1) is 0 Å². The zero-order valence-electron chi connectivity index (χ0n) is 18.1. The van der Waals surface area contributed by atoms with Crippen LogP contribution in [0.1, 0.15) is 22.8 Å². The van der Waals surface area contributed by atoms with Crippen LogP contribution in [0.25, 0.3) is 33.2 Å². The van der Waals surface area contributed by atoms with Crippen LogP contribution in [0.3, 0.4) is 0 Å². The number of fused-ring (bicyclic) bond motifs is 2. The highest BCUT2D eigenvalue weighted by molar-refractivity contribution is 6.31. The lowest BCUT2D eigenvalue weighted by Gasteiger charge is -2.02. The molecule has 6 aromatic rings. The van der Waals surface area contributed by atoms with E-state index < -0.39 is 0 Å². The summed E-state index contributed by atoms with van der Waals surface area (Å²) in [6.07, 6.45) is 1.33. The molecule has 2 N–H and O–H groups in total. The number of rotatable bonds is 5. The zero-order valence-corrected chi connectivity index (χ0v) is 19.7. The first-order valence-corrected chi connectivity index (χ1v) is 11.8. The topological polar surface area (TPSA) is 57.4 Å². The zero-order chi connectivity index (χ0) is 23.1. The summed E-state index contributed by atoms with van der Waals surface area (Å²) >= 11 is 12.6. The van der Waals surface area contributed by atoms with Gasteiger partial charge < -0.3 is 9.97 Å². The van der Waals surface area contributed by atoms with Gasteiger partial charge in [0.25, 0.3) is 0 Å². The Balaban J connectivity index is 1.29. The van der Waals surface area contributed by atoms with Crippen LogP contribution in [-0.2, 0) is 12.8 Å². The van der Waals surface area contributed by atoms with Gasteiger partial charge in [0, 0.05) is 22.9 Å². The van der Waals surface area contributed by atoms with Gasteiger partial charge in [-0.1, -0.05) is 71.7 Å². The van der Waals surface area contributed by atoms with E-state index in [2.05, 4.69) is 46.4 Å². The van der Waals surface area contributed by atoms with E-state index in [9.17, 15) is 0 Å². The average Bonchev–Trinajstić information content (AvgIpc) is 3.43. The number of H-pyrrole nitrogens is 2. The lowest BCUT2D eigenvalue weighted by molar-refractivity contribution is 1.04. The van der Waals surface area contributed by atoms with Crippen molar-refractivity contribution in [1.82, 2.24) is 19.9 Å². The molecule has 0 amide bonds. The van der Waals surface area contributed by atoms with Crippen LogP contribution in [0.5, 0.6) is 0 Å². The van der Waals surface area contributed by atoms with E-state index in [0.29, 0.717) is 12.8 Å². The van der Waals surface area contributed by atoms with Gasteiger partial charge in [-0.2, -0.15) is 0 Å². The summed E-state index contributed by atoms with van der Waals surface area (Å²) in [5, 5.41) is 1.51. The van der Waals surface area contributed by atoms with Crippen molar-refractivity contribution in [2.75, 3.05) is 0 Å². The highest BCUT2D eigenvalue weighted by Gasteiger charge is 2.10. The Labute approximate surface area is 206 Å². The predicted molar refractivity (Wildman–Crippen MR) is 140 cm³/mol. The van der Waals surface area contributed by atoms with Crippen molar-refractivity contribution in [2.45, 2.75) is 12.8 Å². The highest BCUT2D eigenvalue weighted by Crippen LogP contribution is 2.28. The van der Waals surface area contributed by atoms with Crippen LogP contribution >= 0.6 is 23.2 Å². The van der Waals surface area contributed by atoms with Gasteiger partial charge in [0.1, 0.15) is 11.6 Å². The molecule has 0 bridgehead atoms. The van der Waals surface area contributed by atoms with Crippen LogP contribution in [0.4, 0.5) is 0 Å². The van der Waals surface area contributed by atoms with E-state index >= 15 is 0 Å². The third kappa shape index (κ3) is 4.07. The van der Waals surface area contributed by atoms with Crippen molar-refractivity contribution in [1.29, 1.82) is 0 Å². The molecule has 0 fully saturated rings.